The molecule has 23 heavy (non-hydrogen) atoms. The van der Waals surface area contributed by atoms with Crippen molar-refractivity contribution in [2.75, 3.05) is 13.1 Å². The Morgan fingerprint density at radius 2 is 1.61 bits per heavy atom. The number of nitrogens with one attached hydrogen (secondary N) is 1. The molecule has 2 amide bonds. The SMILES string of the molecule is CC(C)[C@H](NC(=O)C1CCCCC1)C(=O)N1C[C@@H](C)O[C@H](C)C1. The Kier molecular flexibility index (Phi) is 6.45. The van der Waals surface area contributed by atoms with Gasteiger partial charge in [0, 0.05) is 19.0 Å². The van der Waals surface area contributed by atoms with E-state index in [2.05, 4.69) is 5.32 Å². The monoisotopic (exact) mass is 324 g/mol. The molecule has 0 aromatic carbocycles. The quantitative estimate of drug-likeness (QED) is 0.863. The van der Waals surface area contributed by atoms with Crippen molar-refractivity contribution in [3.63, 3.8) is 0 Å². The maximum absolute atomic E-state index is 12.9. The Morgan fingerprint density at radius 1 is 1.04 bits per heavy atom. The summed E-state index contributed by atoms with van der Waals surface area (Å²) in [5.41, 5.74) is 0. The van der Waals surface area contributed by atoms with E-state index in [1.807, 2.05) is 32.6 Å². The fourth-order valence-electron chi connectivity index (χ4n) is 3.70. The molecule has 0 radical (unpaired) electrons. The van der Waals surface area contributed by atoms with Gasteiger partial charge in [0.15, 0.2) is 0 Å². The summed E-state index contributed by atoms with van der Waals surface area (Å²) in [5, 5.41) is 3.04. The van der Waals surface area contributed by atoms with Crippen LogP contribution in [0, 0.1) is 11.8 Å². The molecule has 5 nitrogen and oxygen atoms in total. The van der Waals surface area contributed by atoms with Crippen molar-refractivity contribution in [3.05, 3.63) is 0 Å². The minimum atomic E-state index is -0.429. The third-order valence-electron chi connectivity index (χ3n) is 4.94. The average molecular weight is 324 g/mol. The van der Waals surface area contributed by atoms with Crippen LogP contribution in [0.2, 0.25) is 0 Å². The highest BCUT2D eigenvalue weighted by atomic mass is 16.5. The lowest BCUT2D eigenvalue weighted by Gasteiger charge is -2.38. The van der Waals surface area contributed by atoms with E-state index in [0.29, 0.717) is 13.1 Å². The number of hydrogen-bond acceptors (Lipinski definition) is 3. The standard InChI is InChI=1S/C18H32N2O3/c1-12(2)16(19-17(21)15-8-6-5-7-9-15)18(22)20-10-13(3)23-14(4)11-20/h12-16H,5-11H2,1-4H3,(H,19,21)/t13-,14-,16+/m1/s1. The van der Waals surface area contributed by atoms with Gasteiger partial charge in [-0.2, -0.15) is 0 Å². The van der Waals surface area contributed by atoms with Crippen LogP contribution in [-0.2, 0) is 14.3 Å². The molecule has 2 rings (SSSR count). The van der Waals surface area contributed by atoms with Crippen LogP contribution in [0.3, 0.4) is 0 Å². The summed E-state index contributed by atoms with van der Waals surface area (Å²) in [6, 6.07) is -0.429. The highest BCUT2D eigenvalue weighted by Crippen LogP contribution is 2.24. The Bertz CT molecular complexity index is 408. The van der Waals surface area contributed by atoms with E-state index in [1.54, 1.807) is 0 Å². The van der Waals surface area contributed by atoms with Crippen molar-refractivity contribution in [1.29, 1.82) is 0 Å². The van der Waals surface area contributed by atoms with Gasteiger partial charge in [0.25, 0.3) is 0 Å². The molecule has 132 valence electrons. The predicted molar refractivity (Wildman–Crippen MR) is 89.9 cm³/mol. The highest BCUT2D eigenvalue weighted by Gasteiger charge is 2.34. The summed E-state index contributed by atoms with van der Waals surface area (Å²) in [6.07, 6.45) is 5.47. The molecular weight excluding hydrogens is 292 g/mol. The zero-order chi connectivity index (χ0) is 17.0. The fourth-order valence-corrected chi connectivity index (χ4v) is 3.70. The third-order valence-corrected chi connectivity index (χ3v) is 4.94. The molecule has 5 heteroatoms. The van der Waals surface area contributed by atoms with Gasteiger partial charge in [-0.25, -0.2) is 0 Å². The van der Waals surface area contributed by atoms with E-state index in [9.17, 15) is 9.59 Å². The van der Waals surface area contributed by atoms with Crippen LogP contribution >= 0.6 is 0 Å². The minimum Gasteiger partial charge on any atom is -0.372 e. The number of rotatable bonds is 4. The number of hydrogen-bond donors (Lipinski definition) is 1. The van der Waals surface area contributed by atoms with E-state index < -0.39 is 6.04 Å². The van der Waals surface area contributed by atoms with Crippen molar-refractivity contribution >= 4 is 11.8 Å². The van der Waals surface area contributed by atoms with Crippen LogP contribution in [0.4, 0.5) is 0 Å². The Labute approximate surface area is 140 Å². The summed E-state index contributed by atoms with van der Waals surface area (Å²) in [5.74, 6) is 0.265. The van der Waals surface area contributed by atoms with Crippen molar-refractivity contribution in [2.45, 2.75) is 78.0 Å². The summed E-state index contributed by atoms with van der Waals surface area (Å²) < 4.78 is 5.70. The molecule has 0 spiro atoms. The van der Waals surface area contributed by atoms with Crippen LogP contribution in [-0.4, -0.2) is 48.1 Å². The molecule has 1 aliphatic carbocycles. The van der Waals surface area contributed by atoms with Gasteiger partial charge in [-0.15, -0.1) is 0 Å². The van der Waals surface area contributed by atoms with Gasteiger partial charge in [-0.1, -0.05) is 33.1 Å². The normalized spacial score (nSPS) is 27.8. The van der Waals surface area contributed by atoms with Crippen molar-refractivity contribution in [3.8, 4) is 0 Å². The maximum Gasteiger partial charge on any atom is 0.245 e. The average Bonchev–Trinajstić information content (AvgIpc) is 2.51. The first kappa shape index (κ1) is 18.2. The molecule has 1 N–H and O–H groups in total. The Balaban J connectivity index is 1.99. The lowest BCUT2D eigenvalue weighted by Crippen LogP contribution is -2.57. The molecule has 1 aliphatic heterocycles. The minimum absolute atomic E-state index is 0.0335. The lowest BCUT2D eigenvalue weighted by molar-refractivity contribution is -0.148. The topological polar surface area (TPSA) is 58.6 Å². The van der Waals surface area contributed by atoms with E-state index >= 15 is 0 Å². The molecule has 1 saturated heterocycles. The molecular formula is C18H32N2O3. The molecule has 1 heterocycles. The maximum atomic E-state index is 12.9. The van der Waals surface area contributed by atoms with Crippen LogP contribution in [0.15, 0.2) is 0 Å². The zero-order valence-electron chi connectivity index (χ0n) is 15.0. The van der Waals surface area contributed by atoms with Gasteiger partial charge in [-0.05, 0) is 32.6 Å². The van der Waals surface area contributed by atoms with Gasteiger partial charge < -0.3 is 15.0 Å². The Morgan fingerprint density at radius 3 is 2.13 bits per heavy atom. The molecule has 0 unspecified atom stereocenters. The largest absolute Gasteiger partial charge is 0.372 e. The van der Waals surface area contributed by atoms with Gasteiger partial charge in [-0.3, -0.25) is 9.59 Å². The van der Waals surface area contributed by atoms with Crippen LogP contribution < -0.4 is 5.32 Å². The van der Waals surface area contributed by atoms with Gasteiger partial charge >= 0.3 is 0 Å². The van der Waals surface area contributed by atoms with Crippen LogP contribution in [0.5, 0.6) is 0 Å². The first-order valence-electron chi connectivity index (χ1n) is 9.13. The number of carbonyl (C=O) groups excluding carboxylic acids is 2. The fraction of sp³-hybridized carbons (Fsp3) is 0.889. The molecule has 0 aromatic heterocycles. The Hall–Kier alpha value is -1.10. The van der Waals surface area contributed by atoms with Crippen LogP contribution in [0.1, 0.15) is 59.8 Å². The summed E-state index contributed by atoms with van der Waals surface area (Å²) in [7, 11) is 0. The molecule has 2 aliphatic rings. The van der Waals surface area contributed by atoms with Crippen molar-refractivity contribution in [1.82, 2.24) is 10.2 Å². The van der Waals surface area contributed by atoms with E-state index in [0.717, 1.165) is 25.7 Å². The highest BCUT2D eigenvalue weighted by molar-refractivity contribution is 5.88. The van der Waals surface area contributed by atoms with E-state index in [4.69, 9.17) is 4.74 Å². The second-order valence-electron chi connectivity index (χ2n) is 7.57. The van der Waals surface area contributed by atoms with Crippen molar-refractivity contribution < 1.29 is 14.3 Å². The number of nitrogens with zero attached hydrogens (tertiary/aromatic N) is 1. The summed E-state index contributed by atoms with van der Waals surface area (Å²) in [4.78, 5) is 27.3. The first-order valence-corrected chi connectivity index (χ1v) is 9.13. The van der Waals surface area contributed by atoms with Gasteiger partial charge in [0.2, 0.25) is 11.8 Å². The third kappa shape index (κ3) is 4.93. The summed E-state index contributed by atoms with van der Waals surface area (Å²) in [6.45, 7) is 9.17. The number of morpholine rings is 1. The molecule has 2 fully saturated rings. The second-order valence-corrected chi connectivity index (χ2v) is 7.57. The van der Waals surface area contributed by atoms with E-state index in [-0.39, 0.29) is 35.9 Å². The lowest BCUT2D eigenvalue weighted by atomic mass is 9.88. The molecule has 1 saturated carbocycles. The molecule has 3 atom stereocenters. The summed E-state index contributed by atoms with van der Waals surface area (Å²) >= 11 is 0. The van der Waals surface area contributed by atoms with Gasteiger partial charge in [0.1, 0.15) is 6.04 Å². The number of ether oxygens (including phenoxy) is 1. The molecule has 0 bridgehead atoms. The molecule has 0 aromatic rings. The number of amides is 2. The number of carbonyl (C=O) groups is 2. The smallest absolute Gasteiger partial charge is 0.245 e. The van der Waals surface area contributed by atoms with E-state index in [1.165, 1.54) is 6.42 Å². The first-order chi connectivity index (χ1) is 10.9. The second kappa shape index (κ2) is 8.13. The van der Waals surface area contributed by atoms with Crippen molar-refractivity contribution in [2.24, 2.45) is 11.8 Å². The zero-order valence-corrected chi connectivity index (χ0v) is 15.0. The van der Waals surface area contributed by atoms with Crippen LogP contribution in [0.25, 0.3) is 0 Å². The predicted octanol–water partition coefficient (Wildman–Crippen LogP) is 2.34. The van der Waals surface area contributed by atoms with Gasteiger partial charge in [0.05, 0.1) is 12.2 Å².